The van der Waals surface area contributed by atoms with Crippen molar-refractivity contribution in [1.29, 1.82) is 0 Å². The first kappa shape index (κ1) is 16.0. The summed E-state index contributed by atoms with van der Waals surface area (Å²) in [5.74, 6) is 0.762. The van der Waals surface area contributed by atoms with Crippen molar-refractivity contribution in [3.05, 3.63) is 22.8 Å². The Hall–Kier alpha value is -1.33. The summed E-state index contributed by atoms with van der Waals surface area (Å²) in [4.78, 5) is 18.5. The monoisotopic (exact) mass is 311 g/mol. The van der Waals surface area contributed by atoms with Gasteiger partial charge in [-0.3, -0.25) is 4.79 Å². The zero-order chi connectivity index (χ0) is 15.2. The summed E-state index contributed by atoms with van der Waals surface area (Å²) in [6.45, 7) is 4.31. The van der Waals surface area contributed by atoms with Crippen LogP contribution in [0.3, 0.4) is 0 Å². The molecule has 0 aliphatic carbocycles. The highest BCUT2D eigenvalue weighted by Gasteiger charge is 2.24. The van der Waals surface area contributed by atoms with E-state index in [1.807, 2.05) is 0 Å². The highest BCUT2D eigenvalue weighted by atomic mass is 35.5. The molecule has 2 heterocycles. The van der Waals surface area contributed by atoms with E-state index in [0.29, 0.717) is 23.1 Å². The number of likely N-dealkylation sites (tertiary alicyclic amines) is 1. The summed E-state index contributed by atoms with van der Waals surface area (Å²) >= 11 is 6.01. The molecular weight excluding hydrogens is 290 g/mol. The number of halogens is 1. The van der Waals surface area contributed by atoms with E-state index < -0.39 is 0 Å². The number of aliphatic hydroxyl groups excluding tert-OH is 1. The van der Waals surface area contributed by atoms with Crippen LogP contribution in [-0.4, -0.2) is 47.1 Å². The number of rotatable bonds is 5. The number of aliphatic hydroxyl groups is 1. The lowest BCUT2D eigenvalue weighted by Crippen LogP contribution is -2.41. The van der Waals surface area contributed by atoms with Gasteiger partial charge in [-0.05, 0) is 37.3 Å². The number of aromatic nitrogens is 1. The van der Waals surface area contributed by atoms with Gasteiger partial charge in [0.2, 0.25) is 0 Å². The number of nitrogens with zero attached hydrogens (tertiary/aromatic N) is 2. The van der Waals surface area contributed by atoms with E-state index >= 15 is 0 Å². The Morgan fingerprint density at radius 2 is 2.38 bits per heavy atom. The molecule has 2 rings (SSSR count). The van der Waals surface area contributed by atoms with Gasteiger partial charge in [-0.1, -0.05) is 18.5 Å². The van der Waals surface area contributed by atoms with Crippen LogP contribution in [0.5, 0.6) is 0 Å². The smallest absolute Gasteiger partial charge is 0.254 e. The number of piperidine rings is 1. The molecule has 0 spiro atoms. The number of anilines is 1. The van der Waals surface area contributed by atoms with Gasteiger partial charge in [0.25, 0.3) is 5.91 Å². The first-order valence-corrected chi connectivity index (χ1v) is 7.83. The van der Waals surface area contributed by atoms with Crippen LogP contribution in [0.2, 0.25) is 5.15 Å². The molecule has 2 N–H and O–H groups in total. The largest absolute Gasteiger partial charge is 0.396 e. The van der Waals surface area contributed by atoms with Crippen molar-refractivity contribution in [3.63, 3.8) is 0 Å². The summed E-state index contributed by atoms with van der Waals surface area (Å²) in [5.41, 5.74) is 0.548. The molecule has 1 amide bonds. The lowest BCUT2D eigenvalue weighted by atomic mass is 9.98. The Balaban J connectivity index is 2.12. The average Bonchev–Trinajstić information content (AvgIpc) is 2.51. The van der Waals surface area contributed by atoms with Crippen LogP contribution in [-0.2, 0) is 0 Å². The fourth-order valence-corrected chi connectivity index (χ4v) is 2.75. The summed E-state index contributed by atoms with van der Waals surface area (Å²) in [5, 5.41) is 12.7. The van der Waals surface area contributed by atoms with Gasteiger partial charge >= 0.3 is 0 Å². The molecule has 1 unspecified atom stereocenters. The molecule has 116 valence electrons. The standard InChI is InChI=1S/C15H22ClN3O2/c1-2-5-17-14-8-12(7-13(16)18-14)15(21)19-6-3-4-11(9-19)10-20/h7-8,11,20H,2-6,9-10H2,1H3,(H,17,18). The number of nitrogens with one attached hydrogen (secondary N) is 1. The summed E-state index contributed by atoms with van der Waals surface area (Å²) in [7, 11) is 0. The third-order valence-corrected chi connectivity index (χ3v) is 3.86. The molecule has 1 aliphatic heterocycles. The Kier molecular flexibility index (Phi) is 5.82. The van der Waals surface area contributed by atoms with E-state index in [0.717, 1.165) is 32.4 Å². The molecule has 1 aromatic rings. The fraction of sp³-hybridized carbons (Fsp3) is 0.600. The summed E-state index contributed by atoms with van der Waals surface area (Å²) in [6.07, 6.45) is 2.87. The van der Waals surface area contributed by atoms with Crippen LogP contribution >= 0.6 is 11.6 Å². The highest BCUT2D eigenvalue weighted by molar-refractivity contribution is 6.29. The zero-order valence-corrected chi connectivity index (χ0v) is 13.1. The predicted molar refractivity (Wildman–Crippen MR) is 83.7 cm³/mol. The first-order valence-electron chi connectivity index (χ1n) is 7.45. The number of hydrogen-bond donors (Lipinski definition) is 2. The van der Waals surface area contributed by atoms with Crippen molar-refractivity contribution < 1.29 is 9.90 Å². The molecule has 6 heteroatoms. The Labute approximate surface area is 130 Å². The Morgan fingerprint density at radius 1 is 1.57 bits per heavy atom. The van der Waals surface area contributed by atoms with Crippen LogP contribution in [0.1, 0.15) is 36.5 Å². The van der Waals surface area contributed by atoms with Crippen molar-refractivity contribution in [1.82, 2.24) is 9.88 Å². The van der Waals surface area contributed by atoms with Gasteiger partial charge in [-0.2, -0.15) is 0 Å². The number of pyridine rings is 1. The van der Waals surface area contributed by atoms with Crippen LogP contribution in [0.25, 0.3) is 0 Å². The van der Waals surface area contributed by atoms with Crippen molar-refractivity contribution in [3.8, 4) is 0 Å². The lowest BCUT2D eigenvalue weighted by molar-refractivity contribution is 0.0620. The third kappa shape index (κ3) is 4.32. The summed E-state index contributed by atoms with van der Waals surface area (Å²) in [6, 6.07) is 3.34. The van der Waals surface area contributed by atoms with Crippen LogP contribution in [0, 0.1) is 5.92 Å². The Bertz CT molecular complexity index is 496. The second-order valence-electron chi connectivity index (χ2n) is 5.43. The average molecular weight is 312 g/mol. The van der Waals surface area contributed by atoms with Crippen LogP contribution in [0.15, 0.2) is 12.1 Å². The molecular formula is C15H22ClN3O2. The lowest BCUT2D eigenvalue weighted by Gasteiger charge is -2.32. The molecule has 0 saturated carbocycles. The maximum atomic E-state index is 12.6. The second-order valence-corrected chi connectivity index (χ2v) is 5.82. The van der Waals surface area contributed by atoms with E-state index in [-0.39, 0.29) is 18.4 Å². The molecule has 0 radical (unpaired) electrons. The van der Waals surface area contributed by atoms with E-state index in [4.69, 9.17) is 11.6 Å². The van der Waals surface area contributed by atoms with Crippen molar-refractivity contribution in [2.75, 3.05) is 31.6 Å². The number of carbonyl (C=O) groups is 1. The number of hydrogen-bond acceptors (Lipinski definition) is 4. The van der Waals surface area contributed by atoms with Gasteiger partial charge < -0.3 is 15.3 Å². The van der Waals surface area contributed by atoms with Crippen LogP contribution < -0.4 is 5.32 Å². The Morgan fingerprint density at radius 3 is 3.10 bits per heavy atom. The minimum Gasteiger partial charge on any atom is -0.396 e. The van der Waals surface area contributed by atoms with Gasteiger partial charge in [0.15, 0.2) is 0 Å². The molecule has 1 aliphatic rings. The van der Waals surface area contributed by atoms with Gasteiger partial charge in [0, 0.05) is 31.8 Å². The molecule has 21 heavy (non-hydrogen) atoms. The van der Waals surface area contributed by atoms with E-state index in [2.05, 4.69) is 17.2 Å². The third-order valence-electron chi connectivity index (χ3n) is 3.66. The van der Waals surface area contributed by atoms with E-state index in [9.17, 15) is 9.90 Å². The topological polar surface area (TPSA) is 65.5 Å². The minimum atomic E-state index is -0.0444. The first-order chi connectivity index (χ1) is 10.1. The maximum Gasteiger partial charge on any atom is 0.254 e. The van der Waals surface area contributed by atoms with E-state index in [1.165, 1.54) is 0 Å². The van der Waals surface area contributed by atoms with Gasteiger partial charge in [-0.15, -0.1) is 0 Å². The van der Waals surface area contributed by atoms with Crippen molar-refractivity contribution >= 4 is 23.3 Å². The molecule has 0 aromatic carbocycles. The fourth-order valence-electron chi connectivity index (χ4n) is 2.55. The second kappa shape index (κ2) is 7.61. The molecule has 5 nitrogen and oxygen atoms in total. The molecule has 1 saturated heterocycles. The van der Waals surface area contributed by atoms with Crippen molar-refractivity contribution in [2.45, 2.75) is 26.2 Å². The predicted octanol–water partition coefficient (Wildman–Crippen LogP) is 2.40. The molecule has 1 atom stereocenters. The molecule has 1 aromatic heterocycles. The summed E-state index contributed by atoms with van der Waals surface area (Å²) < 4.78 is 0. The highest BCUT2D eigenvalue weighted by Crippen LogP contribution is 2.21. The van der Waals surface area contributed by atoms with E-state index in [1.54, 1.807) is 17.0 Å². The van der Waals surface area contributed by atoms with Crippen LogP contribution in [0.4, 0.5) is 5.82 Å². The number of amides is 1. The number of carbonyl (C=O) groups excluding carboxylic acids is 1. The molecule has 0 bridgehead atoms. The van der Waals surface area contributed by atoms with Gasteiger partial charge in [0.1, 0.15) is 11.0 Å². The molecule has 1 fully saturated rings. The zero-order valence-electron chi connectivity index (χ0n) is 12.3. The SMILES string of the molecule is CCCNc1cc(C(=O)N2CCCC(CO)C2)cc(Cl)n1. The minimum absolute atomic E-state index is 0.0444. The quantitative estimate of drug-likeness (QED) is 0.820. The normalized spacial score (nSPS) is 18.6. The van der Waals surface area contributed by atoms with Gasteiger partial charge in [-0.25, -0.2) is 4.98 Å². The van der Waals surface area contributed by atoms with Crippen molar-refractivity contribution in [2.24, 2.45) is 5.92 Å². The van der Waals surface area contributed by atoms with Gasteiger partial charge in [0.05, 0.1) is 0 Å². The maximum absolute atomic E-state index is 12.6.